The second-order valence-electron chi connectivity index (χ2n) is 18.9. The minimum absolute atomic E-state index is 1.08. The van der Waals surface area contributed by atoms with Crippen molar-refractivity contribution in [3.8, 4) is 55.9 Å². The van der Waals surface area contributed by atoms with E-state index in [1.54, 1.807) is 0 Å². The Morgan fingerprint density at radius 2 is 0.575 bits per heavy atom. The molecule has 3 heteroatoms. The van der Waals surface area contributed by atoms with Crippen molar-refractivity contribution in [3.05, 3.63) is 285 Å². The largest absolute Gasteiger partial charge is 0.310 e. The molecule has 0 radical (unpaired) electrons. The Labute approximate surface area is 424 Å². The first-order valence-electron chi connectivity index (χ1n) is 25.1. The van der Waals surface area contributed by atoms with E-state index in [9.17, 15) is 0 Å². The Morgan fingerprint density at radius 1 is 0.219 bits per heavy atom. The summed E-state index contributed by atoms with van der Waals surface area (Å²) in [5.41, 5.74) is 19.9. The van der Waals surface area contributed by atoms with Gasteiger partial charge in [0.1, 0.15) is 0 Å². The summed E-state index contributed by atoms with van der Waals surface area (Å²) in [6, 6.07) is 104. The molecule has 0 saturated heterocycles. The van der Waals surface area contributed by atoms with Crippen LogP contribution in [0.15, 0.2) is 285 Å². The predicted octanol–water partition coefficient (Wildman–Crippen LogP) is 19.2. The van der Waals surface area contributed by atoms with E-state index < -0.39 is 0 Å². The van der Waals surface area contributed by atoms with Crippen molar-refractivity contribution in [2.75, 3.05) is 4.90 Å². The molecule has 0 fully saturated rings. The molecule has 0 spiro atoms. The average Bonchev–Trinajstić information content (AvgIpc) is 3.99. The molecule has 0 aliphatic rings. The van der Waals surface area contributed by atoms with Gasteiger partial charge in [-0.25, -0.2) is 0 Å². The van der Waals surface area contributed by atoms with Crippen molar-refractivity contribution in [2.24, 2.45) is 0 Å². The molecule has 0 amide bonds. The summed E-state index contributed by atoms with van der Waals surface area (Å²) in [7, 11) is 0. The Balaban J connectivity index is 0.842. The summed E-state index contributed by atoms with van der Waals surface area (Å²) in [5, 5.41) is 7.38. The molecule has 0 atom stereocenters. The first kappa shape index (κ1) is 42.2. The van der Waals surface area contributed by atoms with Crippen molar-refractivity contribution in [2.45, 2.75) is 0 Å². The van der Waals surface area contributed by atoms with E-state index in [-0.39, 0.29) is 0 Å². The summed E-state index contributed by atoms with van der Waals surface area (Å²) >= 11 is 0. The summed E-state index contributed by atoms with van der Waals surface area (Å²) in [4.78, 5) is 2.41. The highest BCUT2D eigenvalue weighted by Crippen LogP contribution is 2.44. The van der Waals surface area contributed by atoms with Gasteiger partial charge in [0.2, 0.25) is 0 Å². The maximum atomic E-state index is 2.43. The molecule has 0 unspecified atom stereocenters. The molecule has 14 rings (SSSR count). The van der Waals surface area contributed by atoms with Crippen LogP contribution in [0.25, 0.3) is 110 Å². The zero-order valence-electron chi connectivity index (χ0n) is 40.0. The highest BCUT2D eigenvalue weighted by Gasteiger charge is 2.21. The number of aromatic nitrogens is 2. The summed E-state index contributed by atoms with van der Waals surface area (Å²) in [5.74, 6) is 0. The van der Waals surface area contributed by atoms with Crippen LogP contribution in [0.1, 0.15) is 0 Å². The van der Waals surface area contributed by atoms with E-state index >= 15 is 0 Å². The van der Waals surface area contributed by atoms with Gasteiger partial charge in [-0.2, -0.15) is 0 Å². The Hall–Kier alpha value is -9.70. The van der Waals surface area contributed by atoms with Gasteiger partial charge in [0.05, 0.1) is 33.4 Å². The quantitative estimate of drug-likeness (QED) is 0.141. The van der Waals surface area contributed by atoms with Gasteiger partial charge in [0.15, 0.2) is 0 Å². The van der Waals surface area contributed by atoms with E-state index in [4.69, 9.17) is 0 Å². The third-order valence-electron chi connectivity index (χ3n) is 14.8. The minimum atomic E-state index is 1.08. The van der Waals surface area contributed by atoms with Crippen molar-refractivity contribution >= 4 is 71.4 Å². The normalized spacial score (nSPS) is 11.6. The zero-order chi connectivity index (χ0) is 48.2. The number of hydrogen-bond donors (Lipinski definition) is 0. The smallest absolute Gasteiger partial charge is 0.0547 e. The van der Waals surface area contributed by atoms with E-state index in [2.05, 4.69) is 299 Å². The predicted molar refractivity (Wildman–Crippen MR) is 309 cm³/mol. The van der Waals surface area contributed by atoms with Gasteiger partial charge in [0.25, 0.3) is 0 Å². The Bertz CT molecular complexity index is 4270. The fourth-order valence-corrected chi connectivity index (χ4v) is 11.2. The van der Waals surface area contributed by atoms with E-state index in [1.807, 2.05) is 0 Å². The molecule has 2 heterocycles. The van der Waals surface area contributed by atoms with Crippen LogP contribution in [0.3, 0.4) is 0 Å². The lowest BCUT2D eigenvalue weighted by molar-refractivity contribution is 1.18. The number of fused-ring (bicyclic) bond motifs is 7. The molecule has 14 aromatic rings. The number of para-hydroxylation sites is 4. The zero-order valence-corrected chi connectivity index (χ0v) is 40.0. The van der Waals surface area contributed by atoms with E-state index in [0.717, 1.165) is 34.0 Å². The molecule has 0 aliphatic carbocycles. The first-order valence-corrected chi connectivity index (χ1v) is 25.1. The van der Waals surface area contributed by atoms with Crippen molar-refractivity contribution in [1.82, 2.24) is 9.13 Å². The van der Waals surface area contributed by atoms with Gasteiger partial charge in [-0.3, -0.25) is 0 Å². The van der Waals surface area contributed by atoms with Crippen LogP contribution >= 0.6 is 0 Å². The molecule has 73 heavy (non-hydrogen) atoms. The topological polar surface area (TPSA) is 13.1 Å². The molecule has 3 nitrogen and oxygen atoms in total. The second-order valence-corrected chi connectivity index (χ2v) is 18.9. The van der Waals surface area contributed by atoms with E-state index in [1.165, 1.54) is 93.3 Å². The molecule has 0 saturated carbocycles. The second kappa shape index (κ2) is 17.6. The van der Waals surface area contributed by atoms with Crippen molar-refractivity contribution < 1.29 is 0 Å². The molecule has 12 aromatic carbocycles. The first-order chi connectivity index (χ1) is 36.2. The lowest BCUT2D eigenvalue weighted by Gasteiger charge is -2.28. The van der Waals surface area contributed by atoms with Crippen LogP contribution in [0.2, 0.25) is 0 Å². The molecule has 2 aromatic heterocycles. The van der Waals surface area contributed by atoms with Crippen LogP contribution in [0.4, 0.5) is 17.1 Å². The molecule has 342 valence electrons. The van der Waals surface area contributed by atoms with Crippen LogP contribution < -0.4 is 4.90 Å². The van der Waals surface area contributed by atoms with Crippen LogP contribution in [0.5, 0.6) is 0 Å². The van der Waals surface area contributed by atoms with Gasteiger partial charge in [-0.15, -0.1) is 0 Å². The fourth-order valence-electron chi connectivity index (χ4n) is 11.2. The maximum Gasteiger partial charge on any atom is 0.0547 e. The standard InChI is InChI=1S/C70H47N3/c1-3-15-48(16-4-1)49-27-29-50(30-28-49)52-35-40-57(41-36-52)71(68-45-46-69(62-20-8-7-19-61(62)68)73-66-25-13-10-21-59(66)60-22-11-14-26-67(60)73)58-42-37-53(38-43-58)51-31-33-54(34-32-51)55-39-44-64-63-23-9-12-24-65(63)72(70(64)47-55)56-17-5-2-6-18-56/h1-47H. The summed E-state index contributed by atoms with van der Waals surface area (Å²) in [6.45, 7) is 0. The van der Waals surface area contributed by atoms with Crippen LogP contribution in [-0.4, -0.2) is 9.13 Å². The third kappa shape index (κ3) is 7.29. The lowest BCUT2D eigenvalue weighted by Crippen LogP contribution is -2.11. The fraction of sp³-hybridized carbons (Fsp3) is 0. The highest BCUT2D eigenvalue weighted by molar-refractivity contribution is 6.12. The molecular weight excluding hydrogens is 883 g/mol. The number of nitrogens with zero attached hydrogens (tertiary/aromatic N) is 3. The molecule has 0 N–H and O–H groups in total. The van der Waals surface area contributed by atoms with Gasteiger partial charge in [-0.05, 0) is 117 Å². The monoisotopic (exact) mass is 929 g/mol. The third-order valence-corrected chi connectivity index (χ3v) is 14.8. The highest BCUT2D eigenvalue weighted by atomic mass is 15.1. The summed E-state index contributed by atoms with van der Waals surface area (Å²) in [6.07, 6.45) is 0. The van der Waals surface area contributed by atoms with Gasteiger partial charge < -0.3 is 14.0 Å². The Kier molecular flexibility index (Phi) is 10.2. The van der Waals surface area contributed by atoms with Crippen LogP contribution in [-0.2, 0) is 0 Å². The van der Waals surface area contributed by atoms with E-state index in [0.29, 0.717) is 0 Å². The number of hydrogen-bond acceptors (Lipinski definition) is 1. The summed E-state index contributed by atoms with van der Waals surface area (Å²) < 4.78 is 4.82. The Morgan fingerprint density at radius 3 is 1.08 bits per heavy atom. The average molecular weight is 930 g/mol. The lowest BCUT2D eigenvalue weighted by atomic mass is 9.98. The number of anilines is 3. The minimum Gasteiger partial charge on any atom is -0.310 e. The van der Waals surface area contributed by atoms with Gasteiger partial charge in [-0.1, -0.05) is 212 Å². The van der Waals surface area contributed by atoms with Crippen molar-refractivity contribution in [3.63, 3.8) is 0 Å². The van der Waals surface area contributed by atoms with Gasteiger partial charge in [0, 0.05) is 49.4 Å². The van der Waals surface area contributed by atoms with Gasteiger partial charge >= 0.3 is 0 Å². The maximum absolute atomic E-state index is 2.43. The van der Waals surface area contributed by atoms with Crippen LogP contribution in [0, 0.1) is 0 Å². The SMILES string of the molecule is c1ccc(-c2ccc(-c3ccc(N(c4ccc(-c5ccc(-c6ccc7c8ccccc8n(-c8ccccc8)c7c6)cc5)cc4)c4ccc(-n5c6ccccc6c6ccccc65)c5ccccc45)cc3)cc2)cc1. The van der Waals surface area contributed by atoms with Crippen molar-refractivity contribution in [1.29, 1.82) is 0 Å². The number of rotatable bonds is 9. The molecule has 0 aliphatic heterocycles. The molecular formula is C70H47N3. The number of benzene rings is 12. The molecule has 0 bridgehead atoms.